The number of nitrogens with one attached hydrogen (secondary N) is 1. The Morgan fingerprint density at radius 3 is 2.36 bits per heavy atom. The summed E-state index contributed by atoms with van der Waals surface area (Å²) >= 11 is 6.77. The van der Waals surface area contributed by atoms with Crippen LogP contribution in [0.3, 0.4) is 0 Å². The molecule has 0 aliphatic carbocycles. The fourth-order valence-corrected chi connectivity index (χ4v) is 5.84. The summed E-state index contributed by atoms with van der Waals surface area (Å²) in [4.78, 5) is 35.6. The number of hydrogen-bond donors (Lipinski definition) is 1. The van der Waals surface area contributed by atoms with Gasteiger partial charge in [-0.05, 0) is 114 Å². The molecule has 47 heavy (non-hydrogen) atoms. The molecule has 13 heteroatoms. The van der Waals surface area contributed by atoms with Crippen LogP contribution in [0.1, 0.15) is 38.8 Å². The van der Waals surface area contributed by atoms with Gasteiger partial charge in [-0.25, -0.2) is 10.2 Å². The summed E-state index contributed by atoms with van der Waals surface area (Å²) in [5.41, 5.74) is 6.61. The quantitative estimate of drug-likeness (QED) is 0.0359. The fraction of sp³-hybridized carbons (Fsp3) is 0.0882. The number of non-ortho nitro benzene ring substituents is 1. The van der Waals surface area contributed by atoms with Crippen molar-refractivity contribution in [1.82, 2.24) is 9.99 Å². The molecular weight excluding hydrogens is 736 g/mol. The lowest BCUT2D eigenvalue weighted by Gasteiger charge is -2.10. The number of rotatable bonds is 11. The summed E-state index contributed by atoms with van der Waals surface area (Å²) in [6, 6.07) is 24.0. The first kappa shape index (κ1) is 33.1. The zero-order chi connectivity index (χ0) is 33.5. The second-order valence-electron chi connectivity index (χ2n) is 10.1. The van der Waals surface area contributed by atoms with E-state index in [4.69, 9.17) is 13.9 Å². The van der Waals surface area contributed by atoms with E-state index in [1.165, 1.54) is 48.7 Å². The third-order valence-electron chi connectivity index (χ3n) is 6.76. The number of nitro groups is 1. The van der Waals surface area contributed by atoms with Crippen molar-refractivity contribution in [2.24, 2.45) is 5.10 Å². The van der Waals surface area contributed by atoms with E-state index in [9.17, 15) is 19.7 Å². The molecule has 0 atom stereocenters. The molecule has 3 aromatic carbocycles. The van der Waals surface area contributed by atoms with Crippen LogP contribution in [0.4, 0.5) is 5.69 Å². The smallest absolute Gasteiger partial charge is 0.336 e. The largest absolute Gasteiger partial charge is 0.486 e. The van der Waals surface area contributed by atoms with Crippen molar-refractivity contribution in [1.29, 1.82) is 0 Å². The number of aryl methyl sites for hydroxylation is 2. The van der Waals surface area contributed by atoms with Crippen molar-refractivity contribution in [3.63, 3.8) is 0 Å². The summed E-state index contributed by atoms with van der Waals surface area (Å²) in [5, 5.41) is 14.8. The zero-order valence-electron chi connectivity index (χ0n) is 25.0. The minimum absolute atomic E-state index is 0.0353. The number of nitrogens with zero attached hydrogens (tertiary/aromatic N) is 3. The number of amides is 1. The van der Waals surface area contributed by atoms with Gasteiger partial charge in [-0.1, -0.05) is 15.9 Å². The molecule has 0 spiro atoms. The van der Waals surface area contributed by atoms with Gasteiger partial charge in [0.05, 0.1) is 15.6 Å². The highest BCUT2D eigenvalue weighted by Gasteiger charge is 2.14. The number of halogens is 2. The molecule has 0 unspecified atom stereocenters. The van der Waals surface area contributed by atoms with Gasteiger partial charge in [0.1, 0.15) is 18.1 Å². The molecule has 0 radical (unpaired) electrons. The molecule has 11 nitrogen and oxygen atoms in total. The number of nitro benzene ring substituents is 1. The molecule has 0 saturated heterocycles. The second kappa shape index (κ2) is 14.9. The summed E-state index contributed by atoms with van der Waals surface area (Å²) in [7, 11) is 0. The maximum absolute atomic E-state index is 12.7. The maximum Gasteiger partial charge on any atom is 0.336 e. The van der Waals surface area contributed by atoms with E-state index >= 15 is 0 Å². The molecule has 0 aliphatic rings. The van der Waals surface area contributed by atoms with E-state index < -0.39 is 16.8 Å². The highest BCUT2D eigenvalue weighted by atomic mass is 79.9. The van der Waals surface area contributed by atoms with Gasteiger partial charge >= 0.3 is 11.9 Å². The Morgan fingerprint density at radius 1 is 0.979 bits per heavy atom. The Bertz CT molecular complexity index is 1980. The summed E-state index contributed by atoms with van der Waals surface area (Å²) in [6.07, 6.45) is 3.98. The van der Waals surface area contributed by atoms with Crippen molar-refractivity contribution in [3.05, 3.63) is 144 Å². The molecule has 2 heterocycles. The molecule has 5 rings (SSSR count). The third kappa shape index (κ3) is 8.51. The number of carbonyl (C=O) groups is 2. The van der Waals surface area contributed by atoms with Gasteiger partial charge in [0.25, 0.3) is 5.69 Å². The van der Waals surface area contributed by atoms with E-state index in [-0.39, 0.29) is 23.8 Å². The molecular formula is C34H26Br2N4O7. The van der Waals surface area contributed by atoms with E-state index in [0.29, 0.717) is 31.6 Å². The average molecular weight is 762 g/mol. The average Bonchev–Trinajstić information content (AvgIpc) is 3.67. The van der Waals surface area contributed by atoms with Gasteiger partial charge in [-0.15, -0.1) is 0 Å². The van der Waals surface area contributed by atoms with Crippen molar-refractivity contribution in [2.45, 2.75) is 20.5 Å². The van der Waals surface area contributed by atoms with Crippen molar-refractivity contribution < 1.29 is 28.4 Å². The Balaban J connectivity index is 1.17. The number of hydrogen-bond acceptors (Lipinski definition) is 8. The van der Waals surface area contributed by atoms with E-state index in [1.807, 2.05) is 24.3 Å². The van der Waals surface area contributed by atoms with Crippen LogP contribution >= 0.6 is 31.9 Å². The van der Waals surface area contributed by atoms with Gasteiger partial charge in [0, 0.05) is 45.3 Å². The Hall–Kier alpha value is -5.27. The number of furan rings is 1. The van der Waals surface area contributed by atoms with Crippen LogP contribution in [0.2, 0.25) is 0 Å². The molecule has 1 N–H and O–H groups in total. The van der Waals surface area contributed by atoms with Gasteiger partial charge in [0.2, 0.25) is 0 Å². The number of esters is 1. The minimum atomic E-state index is -0.697. The van der Waals surface area contributed by atoms with Gasteiger partial charge in [0.15, 0.2) is 11.5 Å². The van der Waals surface area contributed by atoms with Crippen molar-refractivity contribution >= 4 is 61.7 Å². The number of carbonyl (C=O) groups excluding carboxylic acids is 2. The van der Waals surface area contributed by atoms with Gasteiger partial charge in [-0.2, -0.15) is 5.10 Å². The third-order valence-corrected chi connectivity index (χ3v) is 7.80. The Morgan fingerprint density at radius 2 is 1.68 bits per heavy atom. The van der Waals surface area contributed by atoms with Crippen molar-refractivity contribution in [3.8, 4) is 17.2 Å². The standard InChI is InChI=1S/C34H26Br2N4O7/c1-21-3-4-22(2)39(21)26-10-12-28(13-11-26)45-20-29-14-15-31(46-29)34(42)38-37-19-24-17-25(35)18-30(36)33(24)47-32(41)16-7-23-5-8-27(9-6-23)40(43)44/h3-19H,20H2,1-2H3,(H,38,42)/b16-7+,37-19-. The zero-order valence-corrected chi connectivity index (χ0v) is 28.1. The van der Waals surface area contributed by atoms with Gasteiger partial charge < -0.3 is 18.5 Å². The lowest BCUT2D eigenvalue weighted by molar-refractivity contribution is -0.384. The lowest BCUT2D eigenvalue weighted by Crippen LogP contribution is -2.17. The number of aromatic nitrogens is 1. The van der Waals surface area contributed by atoms with E-state index in [0.717, 1.165) is 17.1 Å². The first-order valence-electron chi connectivity index (χ1n) is 14.0. The highest BCUT2D eigenvalue weighted by molar-refractivity contribution is 9.11. The molecule has 0 saturated carbocycles. The van der Waals surface area contributed by atoms with E-state index in [2.05, 4.69) is 72.9 Å². The lowest BCUT2D eigenvalue weighted by atomic mass is 10.2. The first-order valence-corrected chi connectivity index (χ1v) is 15.6. The summed E-state index contributed by atoms with van der Waals surface area (Å²) in [5.74, 6) is 0.0149. The van der Waals surface area contributed by atoms with E-state index in [1.54, 1.807) is 18.2 Å². The maximum atomic E-state index is 12.7. The number of ether oxygens (including phenoxy) is 2. The Labute approximate surface area is 285 Å². The van der Waals surface area contributed by atoms with Crippen LogP contribution < -0.4 is 14.9 Å². The van der Waals surface area contributed by atoms with Crippen LogP contribution in [-0.4, -0.2) is 27.6 Å². The molecule has 0 aliphatic heterocycles. The minimum Gasteiger partial charge on any atom is -0.486 e. The summed E-state index contributed by atoms with van der Waals surface area (Å²) < 4.78 is 20.3. The van der Waals surface area contributed by atoms with Crippen LogP contribution in [0.15, 0.2) is 109 Å². The molecule has 5 aromatic rings. The second-order valence-corrected chi connectivity index (χ2v) is 11.9. The van der Waals surface area contributed by atoms with Crippen LogP contribution in [0.25, 0.3) is 11.8 Å². The first-order chi connectivity index (χ1) is 22.6. The summed E-state index contributed by atoms with van der Waals surface area (Å²) in [6.45, 7) is 4.22. The monoisotopic (exact) mass is 760 g/mol. The van der Waals surface area contributed by atoms with Gasteiger partial charge in [-0.3, -0.25) is 14.9 Å². The highest BCUT2D eigenvalue weighted by Crippen LogP contribution is 2.32. The molecule has 238 valence electrons. The number of benzene rings is 3. The predicted octanol–water partition coefficient (Wildman–Crippen LogP) is 8.08. The SMILES string of the molecule is Cc1ccc(C)n1-c1ccc(OCc2ccc(C(=O)N/N=C\c3cc(Br)cc(Br)c3OC(=O)/C=C/c3ccc([N+](=O)[O-])cc3)o2)cc1. The molecule has 1 amide bonds. The van der Waals surface area contributed by atoms with Crippen LogP contribution in [-0.2, 0) is 11.4 Å². The van der Waals surface area contributed by atoms with Crippen molar-refractivity contribution in [2.75, 3.05) is 0 Å². The molecule has 0 bridgehead atoms. The topological polar surface area (TPSA) is 138 Å². The van der Waals surface area contributed by atoms with Crippen LogP contribution in [0, 0.1) is 24.0 Å². The number of hydrazone groups is 1. The Kier molecular flexibility index (Phi) is 10.5. The van der Waals surface area contributed by atoms with Crippen LogP contribution in [0.5, 0.6) is 11.5 Å². The molecule has 2 aromatic heterocycles. The fourth-order valence-electron chi connectivity index (χ4n) is 4.50. The normalized spacial score (nSPS) is 11.2. The predicted molar refractivity (Wildman–Crippen MR) is 183 cm³/mol. The molecule has 0 fully saturated rings.